The van der Waals surface area contributed by atoms with Crippen molar-refractivity contribution in [3.63, 3.8) is 0 Å². The van der Waals surface area contributed by atoms with Crippen molar-refractivity contribution in [2.75, 3.05) is 5.73 Å². The molecule has 0 amide bonds. The Morgan fingerprint density at radius 3 is 2.83 bits per heavy atom. The van der Waals surface area contributed by atoms with E-state index in [0.29, 0.717) is 22.8 Å². The molecule has 18 heavy (non-hydrogen) atoms. The first-order valence-corrected chi connectivity index (χ1v) is 6.02. The van der Waals surface area contributed by atoms with Gasteiger partial charge >= 0.3 is 0 Å². The van der Waals surface area contributed by atoms with Crippen molar-refractivity contribution in [1.82, 2.24) is 14.8 Å². The number of rotatable bonds is 3. The van der Waals surface area contributed by atoms with Gasteiger partial charge in [-0.15, -0.1) is 5.10 Å². The lowest BCUT2D eigenvalue weighted by molar-refractivity contribution is 0.0889. The van der Waals surface area contributed by atoms with Gasteiger partial charge in [0.25, 0.3) is 0 Å². The molecule has 0 fully saturated rings. The molecule has 0 atom stereocenters. The lowest BCUT2D eigenvalue weighted by Gasteiger charge is -1.99. The average molecular weight is 265 g/mol. The molecule has 0 radical (unpaired) electrons. The first kappa shape index (κ1) is 12.6. The summed E-state index contributed by atoms with van der Waals surface area (Å²) in [7, 11) is 0. The Balaban J connectivity index is 2.41. The Kier molecular flexibility index (Phi) is 3.62. The molecule has 2 rings (SSSR count). The SMILES string of the molecule is CCCC(=O)n1nc(-c2ccccc2Cl)nc1N. The summed E-state index contributed by atoms with van der Waals surface area (Å²) in [5.41, 5.74) is 6.35. The van der Waals surface area contributed by atoms with Crippen LogP contribution >= 0.6 is 11.6 Å². The van der Waals surface area contributed by atoms with Crippen molar-refractivity contribution in [2.45, 2.75) is 19.8 Å². The minimum atomic E-state index is -0.166. The van der Waals surface area contributed by atoms with E-state index in [0.717, 1.165) is 11.1 Å². The number of halogens is 1. The van der Waals surface area contributed by atoms with Crippen molar-refractivity contribution in [2.24, 2.45) is 0 Å². The van der Waals surface area contributed by atoms with Gasteiger partial charge in [0.1, 0.15) is 0 Å². The highest BCUT2D eigenvalue weighted by molar-refractivity contribution is 6.33. The van der Waals surface area contributed by atoms with E-state index in [4.69, 9.17) is 17.3 Å². The number of aromatic nitrogens is 3. The molecule has 0 unspecified atom stereocenters. The molecule has 2 aromatic rings. The van der Waals surface area contributed by atoms with Gasteiger partial charge in [0.05, 0.1) is 5.02 Å². The van der Waals surface area contributed by atoms with Crippen LogP contribution in [0.1, 0.15) is 24.6 Å². The fourth-order valence-corrected chi connectivity index (χ4v) is 1.80. The Hall–Kier alpha value is -1.88. The molecular formula is C12H13ClN4O. The summed E-state index contributed by atoms with van der Waals surface area (Å²) in [6.45, 7) is 1.92. The second kappa shape index (κ2) is 5.18. The van der Waals surface area contributed by atoms with Crippen molar-refractivity contribution >= 4 is 23.5 Å². The number of nitrogens with zero attached hydrogens (tertiary/aromatic N) is 3. The predicted molar refractivity (Wildman–Crippen MR) is 70.4 cm³/mol. The van der Waals surface area contributed by atoms with Crippen molar-refractivity contribution in [1.29, 1.82) is 0 Å². The van der Waals surface area contributed by atoms with Gasteiger partial charge < -0.3 is 5.73 Å². The summed E-state index contributed by atoms with van der Waals surface area (Å²) in [4.78, 5) is 15.8. The number of nitrogen functional groups attached to an aromatic ring is 1. The Morgan fingerprint density at radius 1 is 1.44 bits per heavy atom. The summed E-state index contributed by atoms with van der Waals surface area (Å²) in [5, 5.41) is 4.63. The zero-order valence-corrected chi connectivity index (χ0v) is 10.7. The van der Waals surface area contributed by atoms with E-state index in [1.54, 1.807) is 12.1 Å². The molecule has 1 aromatic carbocycles. The quantitative estimate of drug-likeness (QED) is 0.925. The third-order valence-electron chi connectivity index (χ3n) is 2.45. The normalized spacial score (nSPS) is 10.6. The third kappa shape index (κ3) is 2.36. The van der Waals surface area contributed by atoms with E-state index >= 15 is 0 Å². The number of anilines is 1. The minimum Gasteiger partial charge on any atom is -0.368 e. The van der Waals surface area contributed by atoms with Crippen LogP contribution in [0.3, 0.4) is 0 Å². The van der Waals surface area contributed by atoms with Crippen LogP contribution in [0.2, 0.25) is 5.02 Å². The molecule has 2 N–H and O–H groups in total. The van der Waals surface area contributed by atoms with Crippen LogP contribution in [-0.4, -0.2) is 20.7 Å². The van der Waals surface area contributed by atoms with Gasteiger partial charge in [-0.25, -0.2) is 0 Å². The van der Waals surface area contributed by atoms with Gasteiger partial charge in [-0.05, 0) is 18.6 Å². The highest BCUT2D eigenvalue weighted by Crippen LogP contribution is 2.25. The molecule has 5 nitrogen and oxygen atoms in total. The second-order valence-electron chi connectivity index (χ2n) is 3.83. The van der Waals surface area contributed by atoms with Crippen LogP contribution in [0.4, 0.5) is 5.95 Å². The zero-order valence-electron chi connectivity index (χ0n) is 9.93. The molecule has 0 aliphatic heterocycles. The van der Waals surface area contributed by atoms with Crippen molar-refractivity contribution < 1.29 is 4.79 Å². The topological polar surface area (TPSA) is 73.8 Å². The van der Waals surface area contributed by atoms with Gasteiger partial charge in [0, 0.05) is 12.0 Å². The predicted octanol–water partition coefficient (Wildman–Crippen LogP) is 2.62. The van der Waals surface area contributed by atoms with E-state index in [-0.39, 0.29) is 11.9 Å². The average Bonchev–Trinajstić information content (AvgIpc) is 2.72. The molecule has 0 saturated heterocycles. The van der Waals surface area contributed by atoms with Crippen LogP contribution in [-0.2, 0) is 0 Å². The number of benzene rings is 1. The largest absolute Gasteiger partial charge is 0.368 e. The molecule has 6 heteroatoms. The van der Waals surface area contributed by atoms with Gasteiger partial charge in [0.2, 0.25) is 11.9 Å². The molecule has 0 saturated carbocycles. The van der Waals surface area contributed by atoms with Crippen LogP contribution in [0, 0.1) is 0 Å². The van der Waals surface area contributed by atoms with E-state index in [9.17, 15) is 4.79 Å². The van der Waals surface area contributed by atoms with Gasteiger partial charge in [0.15, 0.2) is 5.82 Å². The first-order valence-electron chi connectivity index (χ1n) is 5.64. The molecule has 1 aromatic heterocycles. The molecule has 1 heterocycles. The monoisotopic (exact) mass is 264 g/mol. The maximum absolute atomic E-state index is 11.7. The zero-order chi connectivity index (χ0) is 13.1. The molecule has 0 aliphatic carbocycles. The Labute approximate surface area is 110 Å². The maximum atomic E-state index is 11.7. The highest BCUT2D eigenvalue weighted by Gasteiger charge is 2.15. The first-order chi connectivity index (χ1) is 8.63. The smallest absolute Gasteiger partial charge is 0.250 e. The molecule has 94 valence electrons. The van der Waals surface area contributed by atoms with Gasteiger partial charge in [-0.1, -0.05) is 30.7 Å². The van der Waals surface area contributed by atoms with E-state index in [1.807, 2.05) is 19.1 Å². The second-order valence-corrected chi connectivity index (χ2v) is 4.24. The number of hydrogen-bond donors (Lipinski definition) is 1. The maximum Gasteiger partial charge on any atom is 0.250 e. The summed E-state index contributed by atoms with van der Waals surface area (Å²) in [6, 6.07) is 7.16. The van der Waals surface area contributed by atoms with E-state index < -0.39 is 0 Å². The molecule has 0 spiro atoms. The van der Waals surface area contributed by atoms with E-state index in [1.165, 1.54) is 0 Å². The standard InChI is InChI=1S/C12H13ClN4O/c1-2-5-10(18)17-12(14)15-11(16-17)8-6-3-4-7-9(8)13/h3-4,6-7H,2,5H2,1H3,(H2,14,15,16). The van der Waals surface area contributed by atoms with E-state index in [2.05, 4.69) is 10.1 Å². The number of carbonyl (C=O) groups is 1. The Bertz CT molecular complexity index is 579. The minimum absolute atomic E-state index is 0.0865. The third-order valence-corrected chi connectivity index (χ3v) is 2.78. The number of hydrogen-bond acceptors (Lipinski definition) is 4. The number of nitrogens with two attached hydrogens (primary N) is 1. The van der Waals surface area contributed by atoms with Crippen molar-refractivity contribution in [3.05, 3.63) is 29.3 Å². The summed E-state index contributed by atoms with van der Waals surface area (Å²) in [5.74, 6) is 0.284. The fraction of sp³-hybridized carbons (Fsp3) is 0.250. The van der Waals surface area contributed by atoms with Crippen LogP contribution in [0.15, 0.2) is 24.3 Å². The molecular weight excluding hydrogens is 252 g/mol. The lowest BCUT2D eigenvalue weighted by Crippen LogP contribution is -2.14. The summed E-state index contributed by atoms with van der Waals surface area (Å²) < 4.78 is 1.13. The van der Waals surface area contributed by atoms with Crippen LogP contribution < -0.4 is 5.73 Å². The summed E-state index contributed by atoms with van der Waals surface area (Å²) in [6.07, 6.45) is 1.12. The number of carbonyl (C=O) groups excluding carboxylic acids is 1. The van der Waals surface area contributed by atoms with Gasteiger partial charge in [-0.2, -0.15) is 9.67 Å². The molecule has 0 bridgehead atoms. The lowest BCUT2D eigenvalue weighted by atomic mass is 10.2. The van der Waals surface area contributed by atoms with Gasteiger partial charge in [-0.3, -0.25) is 4.79 Å². The highest BCUT2D eigenvalue weighted by atomic mass is 35.5. The van der Waals surface area contributed by atoms with Crippen LogP contribution in [0.25, 0.3) is 11.4 Å². The van der Waals surface area contributed by atoms with Crippen LogP contribution in [0.5, 0.6) is 0 Å². The fourth-order valence-electron chi connectivity index (χ4n) is 1.58. The Morgan fingerprint density at radius 2 is 2.17 bits per heavy atom. The summed E-state index contributed by atoms with van der Waals surface area (Å²) >= 11 is 6.05. The molecule has 0 aliphatic rings. The van der Waals surface area contributed by atoms with Crippen molar-refractivity contribution in [3.8, 4) is 11.4 Å².